The number of nitrogens with zero attached hydrogens (tertiary/aromatic N) is 2. The minimum Gasteiger partial charge on any atom is -0.383 e. The van der Waals surface area contributed by atoms with Crippen LogP contribution in [0.15, 0.2) is 24.4 Å². The number of pyridine rings is 2. The van der Waals surface area contributed by atoms with E-state index in [2.05, 4.69) is 32.8 Å². The van der Waals surface area contributed by atoms with E-state index < -0.39 is 11.7 Å². The second-order valence-electron chi connectivity index (χ2n) is 10.3. The highest BCUT2D eigenvalue weighted by molar-refractivity contribution is 6.33. The lowest BCUT2D eigenvalue weighted by Gasteiger charge is -2.32. The summed E-state index contributed by atoms with van der Waals surface area (Å²) in [6.45, 7) is 4.79. The van der Waals surface area contributed by atoms with E-state index in [1.807, 2.05) is 0 Å². The van der Waals surface area contributed by atoms with Gasteiger partial charge < -0.3 is 25.4 Å². The average molecular weight is 556 g/mol. The summed E-state index contributed by atoms with van der Waals surface area (Å²) < 4.78 is 52.5. The van der Waals surface area contributed by atoms with Gasteiger partial charge in [-0.2, -0.15) is 13.2 Å². The monoisotopic (exact) mass is 555 g/mol. The number of methoxy groups -OCH3 is 1. The number of nitrogens with one attached hydrogen (secondary N) is 3. The molecule has 4 rings (SSSR count). The zero-order valence-electron chi connectivity index (χ0n) is 21.9. The molecule has 3 N–H and O–H groups in total. The summed E-state index contributed by atoms with van der Waals surface area (Å²) >= 11 is 6.39. The van der Waals surface area contributed by atoms with Gasteiger partial charge in [0.25, 0.3) is 0 Å². The number of hydrogen-bond acceptors (Lipinski definition) is 7. The zero-order valence-corrected chi connectivity index (χ0v) is 22.7. The van der Waals surface area contributed by atoms with Crippen LogP contribution >= 0.6 is 11.6 Å². The fourth-order valence-corrected chi connectivity index (χ4v) is 5.40. The van der Waals surface area contributed by atoms with Gasteiger partial charge in [-0.3, -0.25) is 0 Å². The number of halogens is 4. The first-order chi connectivity index (χ1) is 18.2. The maximum atomic E-state index is 14.0. The molecule has 0 bridgehead atoms. The summed E-state index contributed by atoms with van der Waals surface area (Å²) in [4.78, 5) is 8.72. The molecule has 0 unspecified atom stereocenters. The third kappa shape index (κ3) is 7.94. The van der Waals surface area contributed by atoms with Crippen molar-refractivity contribution in [2.75, 3.05) is 44.1 Å². The molecule has 2 aromatic rings. The molecule has 1 aliphatic heterocycles. The third-order valence-electron chi connectivity index (χ3n) is 7.24. The molecule has 0 radical (unpaired) electrons. The number of aromatic nitrogens is 2. The molecule has 11 heteroatoms. The quantitative estimate of drug-likeness (QED) is 0.332. The van der Waals surface area contributed by atoms with Gasteiger partial charge in [-0.25, -0.2) is 9.97 Å². The Hall–Kier alpha value is -2.14. The van der Waals surface area contributed by atoms with Crippen molar-refractivity contribution in [1.29, 1.82) is 0 Å². The second kappa shape index (κ2) is 13.3. The third-order valence-corrected chi connectivity index (χ3v) is 7.54. The molecule has 3 heterocycles. The Bertz CT molecular complexity index is 1040. The van der Waals surface area contributed by atoms with Crippen LogP contribution in [0.2, 0.25) is 5.02 Å². The van der Waals surface area contributed by atoms with E-state index in [0.717, 1.165) is 44.6 Å². The molecule has 1 saturated heterocycles. The second-order valence-corrected chi connectivity index (χ2v) is 10.7. The predicted molar refractivity (Wildman–Crippen MR) is 144 cm³/mol. The van der Waals surface area contributed by atoms with Gasteiger partial charge in [0.15, 0.2) is 0 Å². The highest BCUT2D eigenvalue weighted by Crippen LogP contribution is 2.40. The van der Waals surface area contributed by atoms with E-state index in [4.69, 9.17) is 21.1 Å². The lowest BCUT2D eigenvalue weighted by atomic mass is 9.90. The highest BCUT2D eigenvalue weighted by atomic mass is 35.5. The molecule has 2 aliphatic rings. The molecule has 1 saturated carbocycles. The van der Waals surface area contributed by atoms with Gasteiger partial charge in [0.05, 0.1) is 22.9 Å². The Balaban J connectivity index is 1.48. The molecular formula is C27H37ClF3N5O2. The van der Waals surface area contributed by atoms with Gasteiger partial charge in [0, 0.05) is 56.8 Å². The maximum Gasteiger partial charge on any atom is 0.418 e. The van der Waals surface area contributed by atoms with Crippen molar-refractivity contribution in [3.05, 3.63) is 35.0 Å². The van der Waals surface area contributed by atoms with E-state index in [-0.39, 0.29) is 28.4 Å². The number of rotatable bonds is 10. The zero-order chi connectivity index (χ0) is 27.1. The summed E-state index contributed by atoms with van der Waals surface area (Å²) in [5, 5.41) is 10.3. The summed E-state index contributed by atoms with van der Waals surface area (Å²) in [6, 6.07) is 4.90. The van der Waals surface area contributed by atoms with E-state index in [1.54, 1.807) is 13.2 Å². The molecule has 0 spiro atoms. The van der Waals surface area contributed by atoms with Crippen molar-refractivity contribution in [2.45, 2.75) is 69.8 Å². The largest absolute Gasteiger partial charge is 0.418 e. The topological polar surface area (TPSA) is 80.3 Å². The van der Waals surface area contributed by atoms with Gasteiger partial charge in [0.2, 0.25) is 0 Å². The van der Waals surface area contributed by atoms with Crippen molar-refractivity contribution in [1.82, 2.24) is 15.3 Å². The summed E-state index contributed by atoms with van der Waals surface area (Å²) in [5.41, 5.74) is -0.829. The van der Waals surface area contributed by atoms with E-state index in [0.29, 0.717) is 50.0 Å². The van der Waals surface area contributed by atoms with Crippen LogP contribution in [-0.2, 0) is 15.7 Å². The van der Waals surface area contributed by atoms with E-state index >= 15 is 0 Å². The smallest absolute Gasteiger partial charge is 0.383 e. The number of alkyl halides is 3. The van der Waals surface area contributed by atoms with Crippen LogP contribution in [-0.4, -0.2) is 61.6 Å². The summed E-state index contributed by atoms with van der Waals surface area (Å²) in [6.07, 6.45) is 2.48. The van der Waals surface area contributed by atoms with Crippen molar-refractivity contribution in [2.24, 2.45) is 5.92 Å². The molecule has 210 valence electrons. The van der Waals surface area contributed by atoms with E-state index in [1.165, 1.54) is 12.3 Å². The van der Waals surface area contributed by atoms with Crippen LogP contribution in [0, 0.1) is 5.92 Å². The number of ether oxygens (including phenoxy) is 2. The lowest BCUT2D eigenvalue weighted by Crippen LogP contribution is -2.42. The van der Waals surface area contributed by atoms with Crippen LogP contribution < -0.4 is 16.0 Å². The summed E-state index contributed by atoms with van der Waals surface area (Å²) in [5.74, 6) is 1.27. The lowest BCUT2D eigenvalue weighted by molar-refractivity contribution is -0.137. The molecule has 2 fully saturated rings. The van der Waals surface area contributed by atoms with Gasteiger partial charge in [-0.15, -0.1) is 0 Å². The van der Waals surface area contributed by atoms with Crippen LogP contribution in [0.4, 0.5) is 24.8 Å². The normalized spacial score (nSPS) is 21.7. The first-order valence-corrected chi connectivity index (χ1v) is 13.7. The SMILES string of the molecule is COC[C@@H](C)N[C@H]1CC[C@H](Nc2cc(-c3nc(NCC4CCOCC4)ccc3C(F)(F)F)c(Cl)cn2)CC1. The van der Waals surface area contributed by atoms with Gasteiger partial charge >= 0.3 is 6.18 Å². The standard InChI is InChI=1S/C27H37ClF3N5O2/c1-17(16-37-2)34-19-3-5-20(6-4-19)35-25-13-21(23(28)15-33-25)26-22(27(29,30)31)7-8-24(36-26)32-14-18-9-11-38-12-10-18/h7-8,13,15,17-20,34H,3-6,9-12,14,16H2,1-2H3,(H,32,36)(H,33,35)/t17-,19-,20-/m1/s1. The Kier molecular flexibility index (Phi) is 10.1. The maximum absolute atomic E-state index is 14.0. The molecule has 7 nitrogen and oxygen atoms in total. The van der Waals surface area contributed by atoms with Crippen molar-refractivity contribution in [3.8, 4) is 11.3 Å². The Labute approximate surface area is 227 Å². The van der Waals surface area contributed by atoms with E-state index in [9.17, 15) is 13.2 Å². The van der Waals surface area contributed by atoms with Gasteiger partial charge in [-0.05, 0) is 69.6 Å². The van der Waals surface area contributed by atoms with Gasteiger partial charge in [-0.1, -0.05) is 11.6 Å². The minimum atomic E-state index is -4.58. The molecule has 2 aromatic heterocycles. The first kappa shape index (κ1) is 28.9. The molecule has 1 aliphatic carbocycles. The number of anilines is 2. The van der Waals surface area contributed by atoms with Crippen molar-refractivity contribution in [3.63, 3.8) is 0 Å². The fourth-order valence-electron chi connectivity index (χ4n) is 5.20. The Morgan fingerprint density at radius 2 is 1.79 bits per heavy atom. The molecule has 1 atom stereocenters. The van der Waals surface area contributed by atoms with Crippen LogP contribution in [0.25, 0.3) is 11.3 Å². The van der Waals surface area contributed by atoms with Crippen LogP contribution in [0.3, 0.4) is 0 Å². The van der Waals surface area contributed by atoms with Crippen molar-refractivity contribution >= 4 is 23.2 Å². The van der Waals surface area contributed by atoms with Crippen LogP contribution in [0.5, 0.6) is 0 Å². The number of hydrogen-bond donors (Lipinski definition) is 3. The molecule has 0 aromatic carbocycles. The molecule has 0 amide bonds. The minimum absolute atomic E-state index is 0.121. The highest BCUT2D eigenvalue weighted by Gasteiger charge is 2.35. The average Bonchev–Trinajstić information content (AvgIpc) is 2.90. The predicted octanol–water partition coefficient (Wildman–Crippen LogP) is 6.00. The van der Waals surface area contributed by atoms with Crippen molar-refractivity contribution < 1.29 is 22.6 Å². The van der Waals surface area contributed by atoms with Gasteiger partial charge in [0.1, 0.15) is 11.6 Å². The Morgan fingerprint density at radius 1 is 1.08 bits per heavy atom. The van der Waals surface area contributed by atoms with Crippen LogP contribution in [0.1, 0.15) is 51.0 Å². The molecular weight excluding hydrogens is 519 g/mol. The first-order valence-electron chi connectivity index (χ1n) is 13.3. The fraction of sp³-hybridized carbons (Fsp3) is 0.630. The Morgan fingerprint density at radius 3 is 2.47 bits per heavy atom. The summed E-state index contributed by atoms with van der Waals surface area (Å²) in [7, 11) is 1.69. The molecule has 38 heavy (non-hydrogen) atoms.